The standard InChI is InChI=1S/C10H18O/c1-7(2)9(5)11-10(6)8(3)4/h1-6H3. The van der Waals surface area contributed by atoms with Gasteiger partial charge in [0.15, 0.2) is 0 Å². The van der Waals surface area contributed by atoms with Crippen LogP contribution in [0.3, 0.4) is 0 Å². The lowest BCUT2D eigenvalue weighted by Gasteiger charge is -2.08. The lowest BCUT2D eigenvalue weighted by molar-refractivity contribution is 0.300. The topological polar surface area (TPSA) is 9.23 Å². The molecular weight excluding hydrogens is 136 g/mol. The molecule has 0 rings (SSSR count). The fourth-order valence-corrected chi connectivity index (χ4v) is 0.434. The van der Waals surface area contributed by atoms with E-state index in [1.807, 2.05) is 41.5 Å². The molecule has 0 N–H and O–H groups in total. The zero-order valence-corrected chi connectivity index (χ0v) is 8.41. The van der Waals surface area contributed by atoms with Crippen LogP contribution in [0.25, 0.3) is 0 Å². The van der Waals surface area contributed by atoms with E-state index in [-0.39, 0.29) is 0 Å². The van der Waals surface area contributed by atoms with Crippen LogP contribution in [0.1, 0.15) is 41.5 Å². The Bertz CT molecular complexity index is 167. The highest BCUT2D eigenvalue weighted by atomic mass is 16.5. The predicted molar refractivity (Wildman–Crippen MR) is 49.2 cm³/mol. The van der Waals surface area contributed by atoms with E-state index in [9.17, 15) is 0 Å². The first-order chi connectivity index (χ1) is 4.95. The molecule has 64 valence electrons. The van der Waals surface area contributed by atoms with Crippen molar-refractivity contribution < 1.29 is 4.74 Å². The summed E-state index contributed by atoms with van der Waals surface area (Å²) in [6, 6.07) is 0. The summed E-state index contributed by atoms with van der Waals surface area (Å²) in [6.07, 6.45) is 0. The molecule has 0 aromatic rings. The van der Waals surface area contributed by atoms with Gasteiger partial charge in [0.25, 0.3) is 0 Å². The summed E-state index contributed by atoms with van der Waals surface area (Å²) in [4.78, 5) is 0. The van der Waals surface area contributed by atoms with Crippen molar-refractivity contribution in [2.24, 2.45) is 0 Å². The molecule has 0 unspecified atom stereocenters. The monoisotopic (exact) mass is 154 g/mol. The number of ether oxygens (including phenoxy) is 1. The van der Waals surface area contributed by atoms with E-state index in [0.29, 0.717) is 0 Å². The summed E-state index contributed by atoms with van der Waals surface area (Å²) >= 11 is 0. The smallest absolute Gasteiger partial charge is 0.0991 e. The van der Waals surface area contributed by atoms with Gasteiger partial charge in [-0.1, -0.05) is 0 Å². The van der Waals surface area contributed by atoms with Crippen molar-refractivity contribution >= 4 is 0 Å². The summed E-state index contributed by atoms with van der Waals surface area (Å²) < 4.78 is 5.53. The Labute approximate surface area is 69.8 Å². The molecule has 0 amide bonds. The van der Waals surface area contributed by atoms with Gasteiger partial charge >= 0.3 is 0 Å². The fourth-order valence-electron chi connectivity index (χ4n) is 0.434. The van der Waals surface area contributed by atoms with Crippen molar-refractivity contribution in [2.75, 3.05) is 0 Å². The molecule has 0 aromatic heterocycles. The predicted octanol–water partition coefficient (Wildman–Crippen LogP) is 3.63. The maximum Gasteiger partial charge on any atom is 0.0991 e. The molecule has 0 saturated carbocycles. The van der Waals surface area contributed by atoms with Crippen LogP contribution >= 0.6 is 0 Å². The Morgan fingerprint density at radius 2 is 0.909 bits per heavy atom. The Hall–Kier alpha value is -0.720. The second kappa shape index (κ2) is 4.22. The average molecular weight is 154 g/mol. The second-order valence-electron chi connectivity index (χ2n) is 3.21. The third-order valence-electron chi connectivity index (χ3n) is 1.71. The van der Waals surface area contributed by atoms with Crippen LogP contribution in [0.15, 0.2) is 22.7 Å². The molecule has 1 nitrogen and oxygen atoms in total. The molecule has 0 aliphatic rings. The van der Waals surface area contributed by atoms with Gasteiger partial charge in [-0.25, -0.2) is 0 Å². The van der Waals surface area contributed by atoms with E-state index in [2.05, 4.69) is 0 Å². The molecule has 0 fully saturated rings. The zero-order valence-electron chi connectivity index (χ0n) is 8.41. The quantitative estimate of drug-likeness (QED) is 0.552. The molecular formula is C10H18O. The van der Waals surface area contributed by atoms with E-state index >= 15 is 0 Å². The molecule has 0 aliphatic heterocycles. The highest BCUT2D eigenvalue weighted by Gasteiger charge is 1.95. The molecule has 1 heteroatoms. The molecule has 0 aromatic carbocycles. The van der Waals surface area contributed by atoms with E-state index < -0.39 is 0 Å². The number of rotatable bonds is 2. The minimum Gasteiger partial charge on any atom is -0.467 e. The van der Waals surface area contributed by atoms with Crippen LogP contribution in [0.4, 0.5) is 0 Å². The molecule has 0 atom stereocenters. The van der Waals surface area contributed by atoms with Crippen LogP contribution in [-0.2, 0) is 4.74 Å². The molecule has 0 radical (unpaired) electrons. The minimum atomic E-state index is 1.00. The van der Waals surface area contributed by atoms with E-state index in [0.717, 1.165) is 11.5 Å². The summed E-state index contributed by atoms with van der Waals surface area (Å²) in [5, 5.41) is 0. The van der Waals surface area contributed by atoms with Crippen LogP contribution < -0.4 is 0 Å². The van der Waals surface area contributed by atoms with Gasteiger partial charge in [0.2, 0.25) is 0 Å². The fraction of sp³-hybridized carbons (Fsp3) is 0.600. The van der Waals surface area contributed by atoms with Crippen molar-refractivity contribution in [3.05, 3.63) is 22.7 Å². The van der Waals surface area contributed by atoms with Crippen molar-refractivity contribution in [1.82, 2.24) is 0 Å². The Kier molecular flexibility index (Phi) is 3.94. The van der Waals surface area contributed by atoms with Crippen molar-refractivity contribution in [1.29, 1.82) is 0 Å². The highest BCUT2D eigenvalue weighted by Crippen LogP contribution is 2.12. The summed E-state index contributed by atoms with van der Waals surface area (Å²) in [6.45, 7) is 12.2. The van der Waals surface area contributed by atoms with Gasteiger partial charge in [0, 0.05) is 0 Å². The molecule has 0 bridgehead atoms. The molecule has 0 spiro atoms. The Balaban J connectivity index is 4.30. The average Bonchev–Trinajstić information content (AvgIpc) is 1.87. The second-order valence-corrected chi connectivity index (χ2v) is 3.21. The van der Waals surface area contributed by atoms with Gasteiger partial charge < -0.3 is 4.74 Å². The third-order valence-corrected chi connectivity index (χ3v) is 1.71. The lowest BCUT2D eigenvalue weighted by atomic mass is 10.3. The van der Waals surface area contributed by atoms with Gasteiger partial charge in [0.1, 0.15) is 0 Å². The maximum absolute atomic E-state index is 5.53. The maximum atomic E-state index is 5.53. The number of hydrogen-bond acceptors (Lipinski definition) is 1. The van der Waals surface area contributed by atoms with Gasteiger partial charge in [-0.2, -0.15) is 0 Å². The molecule has 0 heterocycles. The first kappa shape index (κ1) is 10.3. The summed E-state index contributed by atoms with van der Waals surface area (Å²) in [5.74, 6) is 2.01. The van der Waals surface area contributed by atoms with E-state index in [1.54, 1.807) is 0 Å². The first-order valence-corrected chi connectivity index (χ1v) is 3.91. The molecule has 0 saturated heterocycles. The highest BCUT2D eigenvalue weighted by molar-refractivity contribution is 5.07. The van der Waals surface area contributed by atoms with E-state index in [1.165, 1.54) is 11.1 Å². The largest absolute Gasteiger partial charge is 0.467 e. The van der Waals surface area contributed by atoms with Gasteiger partial charge in [-0.3, -0.25) is 0 Å². The van der Waals surface area contributed by atoms with Gasteiger partial charge in [0.05, 0.1) is 11.5 Å². The first-order valence-electron chi connectivity index (χ1n) is 3.91. The number of allylic oxidation sites excluding steroid dienone is 4. The normalized spacial score (nSPS) is 8.91. The van der Waals surface area contributed by atoms with E-state index in [4.69, 9.17) is 4.74 Å². The summed E-state index contributed by atoms with van der Waals surface area (Å²) in [5.41, 5.74) is 2.45. The van der Waals surface area contributed by atoms with Crippen LogP contribution in [-0.4, -0.2) is 0 Å². The molecule has 0 aliphatic carbocycles. The van der Waals surface area contributed by atoms with Gasteiger partial charge in [-0.15, -0.1) is 0 Å². The third kappa shape index (κ3) is 3.87. The van der Waals surface area contributed by atoms with Crippen molar-refractivity contribution in [2.45, 2.75) is 41.5 Å². The van der Waals surface area contributed by atoms with Crippen LogP contribution in [0, 0.1) is 0 Å². The summed E-state index contributed by atoms with van der Waals surface area (Å²) in [7, 11) is 0. The van der Waals surface area contributed by atoms with Crippen LogP contribution in [0.2, 0.25) is 0 Å². The van der Waals surface area contributed by atoms with Gasteiger partial charge in [-0.05, 0) is 52.7 Å². The molecule has 11 heavy (non-hydrogen) atoms. The SMILES string of the molecule is CC(C)=C(C)OC(C)=C(C)C. The minimum absolute atomic E-state index is 1.00. The number of hydrogen-bond donors (Lipinski definition) is 0. The Morgan fingerprint density at radius 3 is 1.09 bits per heavy atom. The zero-order chi connectivity index (χ0) is 9.02. The van der Waals surface area contributed by atoms with Crippen molar-refractivity contribution in [3.63, 3.8) is 0 Å². The van der Waals surface area contributed by atoms with Crippen molar-refractivity contribution in [3.8, 4) is 0 Å². The lowest BCUT2D eigenvalue weighted by Crippen LogP contribution is -1.89. The Morgan fingerprint density at radius 1 is 0.636 bits per heavy atom. The van der Waals surface area contributed by atoms with Crippen LogP contribution in [0.5, 0.6) is 0 Å².